The molecule has 1 aromatic carbocycles. The molecule has 0 radical (unpaired) electrons. The highest BCUT2D eigenvalue weighted by molar-refractivity contribution is 6.14. The average molecular weight is 249 g/mol. The quantitative estimate of drug-likeness (QED) is 0.478. The largest absolute Gasteiger partial charge is 0.427 e. The Bertz CT molecular complexity index is 523. The Kier molecular flexibility index (Phi) is 3.38. The zero-order chi connectivity index (χ0) is 13.1. The summed E-state index contributed by atoms with van der Waals surface area (Å²) < 4.78 is 9.43. The van der Waals surface area contributed by atoms with E-state index < -0.39 is 17.9 Å². The van der Waals surface area contributed by atoms with Gasteiger partial charge in [-0.25, -0.2) is 9.59 Å². The molecule has 0 aromatic heterocycles. The summed E-state index contributed by atoms with van der Waals surface area (Å²) in [5.41, 5.74) is 5.57. The van der Waals surface area contributed by atoms with Crippen LogP contribution in [0.4, 0.5) is 0 Å². The van der Waals surface area contributed by atoms with Crippen LogP contribution in [0.3, 0.4) is 0 Å². The molecule has 94 valence electrons. The molecule has 1 aliphatic heterocycles. The van der Waals surface area contributed by atoms with E-state index in [2.05, 4.69) is 4.74 Å². The minimum atomic E-state index is -0.727. The molecular formula is C12H11NO5. The number of carbonyl (C=O) groups excluding carboxylic acids is 3. The van der Waals surface area contributed by atoms with E-state index in [4.69, 9.17) is 10.5 Å². The third-order valence-corrected chi connectivity index (χ3v) is 2.43. The first-order valence-electron chi connectivity index (χ1n) is 5.43. The summed E-state index contributed by atoms with van der Waals surface area (Å²) in [6.45, 7) is 0.403. The van der Waals surface area contributed by atoms with E-state index in [9.17, 15) is 14.4 Å². The minimum Gasteiger partial charge on any atom is -0.427 e. The van der Waals surface area contributed by atoms with Crippen molar-refractivity contribution in [2.24, 2.45) is 5.73 Å². The van der Waals surface area contributed by atoms with Crippen molar-refractivity contribution >= 4 is 17.9 Å². The lowest BCUT2D eigenvalue weighted by Gasteiger charge is -2.04. The maximum Gasteiger partial charge on any atom is 0.347 e. The molecule has 0 unspecified atom stereocenters. The van der Waals surface area contributed by atoms with Gasteiger partial charge in [-0.3, -0.25) is 4.79 Å². The van der Waals surface area contributed by atoms with Crippen molar-refractivity contribution in [1.82, 2.24) is 0 Å². The predicted molar refractivity (Wildman–Crippen MR) is 60.1 cm³/mol. The van der Waals surface area contributed by atoms with Crippen molar-refractivity contribution in [3.8, 4) is 5.75 Å². The molecule has 0 saturated carbocycles. The van der Waals surface area contributed by atoms with Crippen LogP contribution in [-0.2, 0) is 9.53 Å². The van der Waals surface area contributed by atoms with Crippen LogP contribution in [0.5, 0.6) is 5.75 Å². The second kappa shape index (κ2) is 4.97. The average Bonchev–Trinajstić information content (AvgIpc) is 2.62. The van der Waals surface area contributed by atoms with Crippen LogP contribution in [0, 0.1) is 0 Å². The number of ether oxygens (including phenoxy) is 2. The molecule has 2 N–H and O–H groups in total. The standard InChI is InChI=1S/C12H11NO5/c13-5-1-2-10(14)17-7-3-4-8-9(6-7)12(16)18-11(8)15/h3-4,6H,1-2,5,13H2. The van der Waals surface area contributed by atoms with Crippen LogP contribution in [0.1, 0.15) is 33.6 Å². The highest BCUT2D eigenvalue weighted by Crippen LogP contribution is 2.24. The zero-order valence-corrected chi connectivity index (χ0v) is 9.47. The van der Waals surface area contributed by atoms with Gasteiger partial charge in [-0.05, 0) is 31.2 Å². The van der Waals surface area contributed by atoms with E-state index in [1.54, 1.807) is 0 Å². The van der Waals surface area contributed by atoms with Gasteiger partial charge in [0.2, 0.25) is 0 Å². The summed E-state index contributed by atoms with van der Waals surface area (Å²) in [5, 5.41) is 0. The Labute approximate surface area is 103 Å². The molecule has 18 heavy (non-hydrogen) atoms. The van der Waals surface area contributed by atoms with Crippen LogP contribution in [0.25, 0.3) is 0 Å². The molecule has 0 spiro atoms. The van der Waals surface area contributed by atoms with Crippen LogP contribution in [0.2, 0.25) is 0 Å². The second-order valence-electron chi connectivity index (χ2n) is 3.75. The molecule has 0 aliphatic carbocycles. The van der Waals surface area contributed by atoms with Gasteiger partial charge in [0, 0.05) is 6.42 Å². The smallest absolute Gasteiger partial charge is 0.347 e. The maximum absolute atomic E-state index is 11.4. The highest BCUT2D eigenvalue weighted by Gasteiger charge is 2.30. The lowest BCUT2D eigenvalue weighted by atomic mass is 10.1. The van der Waals surface area contributed by atoms with Crippen LogP contribution >= 0.6 is 0 Å². The molecule has 0 amide bonds. The van der Waals surface area contributed by atoms with Crippen molar-refractivity contribution in [2.45, 2.75) is 12.8 Å². The SMILES string of the molecule is NCCCC(=O)Oc1ccc2c(c1)C(=O)OC2=O. The molecule has 1 heterocycles. The van der Waals surface area contributed by atoms with Crippen LogP contribution in [-0.4, -0.2) is 24.5 Å². The van der Waals surface area contributed by atoms with E-state index in [0.29, 0.717) is 13.0 Å². The zero-order valence-electron chi connectivity index (χ0n) is 9.47. The fourth-order valence-electron chi connectivity index (χ4n) is 1.56. The van der Waals surface area contributed by atoms with E-state index in [0.717, 1.165) is 0 Å². The Hall–Kier alpha value is -2.21. The summed E-state index contributed by atoms with van der Waals surface area (Å²) >= 11 is 0. The van der Waals surface area contributed by atoms with Gasteiger partial charge in [-0.2, -0.15) is 0 Å². The summed E-state index contributed by atoms with van der Waals surface area (Å²) in [4.78, 5) is 33.8. The maximum atomic E-state index is 11.4. The van der Waals surface area contributed by atoms with Gasteiger partial charge in [0.25, 0.3) is 0 Å². The normalized spacial score (nSPS) is 13.2. The molecule has 6 heteroatoms. The van der Waals surface area contributed by atoms with E-state index >= 15 is 0 Å². The van der Waals surface area contributed by atoms with Gasteiger partial charge in [0.1, 0.15) is 5.75 Å². The van der Waals surface area contributed by atoms with Crippen LogP contribution < -0.4 is 10.5 Å². The first-order chi connectivity index (χ1) is 8.61. The fraction of sp³-hybridized carbons (Fsp3) is 0.250. The van der Waals surface area contributed by atoms with Crippen molar-refractivity contribution in [1.29, 1.82) is 0 Å². The van der Waals surface area contributed by atoms with Gasteiger partial charge < -0.3 is 15.2 Å². The molecular weight excluding hydrogens is 238 g/mol. The summed E-state index contributed by atoms with van der Waals surface area (Å²) in [6.07, 6.45) is 0.737. The lowest BCUT2D eigenvalue weighted by Crippen LogP contribution is -2.11. The molecule has 0 saturated heterocycles. The third kappa shape index (κ3) is 2.38. The number of cyclic esters (lactones) is 2. The van der Waals surface area contributed by atoms with Gasteiger partial charge in [-0.15, -0.1) is 0 Å². The number of hydrogen-bond acceptors (Lipinski definition) is 6. The molecule has 6 nitrogen and oxygen atoms in total. The summed E-state index contributed by atoms with van der Waals surface area (Å²) in [5.74, 6) is -1.63. The number of rotatable bonds is 4. The Balaban J connectivity index is 2.13. The van der Waals surface area contributed by atoms with Gasteiger partial charge in [0.15, 0.2) is 0 Å². The lowest BCUT2D eigenvalue weighted by molar-refractivity contribution is -0.134. The summed E-state index contributed by atoms with van der Waals surface area (Å²) in [6, 6.07) is 4.16. The Morgan fingerprint density at radius 1 is 1.22 bits per heavy atom. The first-order valence-corrected chi connectivity index (χ1v) is 5.43. The molecule has 0 fully saturated rings. The van der Waals surface area contributed by atoms with E-state index in [-0.39, 0.29) is 23.3 Å². The van der Waals surface area contributed by atoms with Crippen molar-refractivity contribution in [2.75, 3.05) is 6.54 Å². The Morgan fingerprint density at radius 2 is 1.94 bits per heavy atom. The number of benzene rings is 1. The number of carbonyl (C=O) groups is 3. The third-order valence-electron chi connectivity index (χ3n) is 2.43. The highest BCUT2D eigenvalue weighted by atomic mass is 16.6. The topological polar surface area (TPSA) is 95.7 Å². The van der Waals surface area contributed by atoms with Crippen molar-refractivity contribution < 1.29 is 23.9 Å². The van der Waals surface area contributed by atoms with Crippen LogP contribution in [0.15, 0.2) is 18.2 Å². The minimum absolute atomic E-state index is 0.115. The number of esters is 3. The van der Waals surface area contributed by atoms with Gasteiger partial charge in [0.05, 0.1) is 11.1 Å². The number of nitrogens with two attached hydrogens (primary N) is 1. The second-order valence-corrected chi connectivity index (χ2v) is 3.75. The number of hydrogen-bond donors (Lipinski definition) is 1. The van der Waals surface area contributed by atoms with Crippen molar-refractivity contribution in [3.05, 3.63) is 29.3 Å². The molecule has 0 atom stereocenters. The first kappa shape index (κ1) is 12.3. The predicted octanol–water partition coefficient (Wildman–Crippen LogP) is 0.642. The van der Waals surface area contributed by atoms with E-state index in [1.165, 1.54) is 18.2 Å². The summed E-state index contributed by atoms with van der Waals surface area (Å²) in [7, 11) is 0. The fourth-order valence-corrected chi connectivity index (χ4v) is 1.56. The number of fused-ring (bicyclic) bond motifs is 1. The monoisotopic (exact) mass is 249 g/mol. The van der Waals surface area contributed by atoms with Gasteiger partial charge >= 0.3 is 17.9 Å². The van der Waals surface area contributed by atoms with E-state index in [1.807, 2.05) is 0 Å². The molecule has 1 aromatic rings. The molecule has 1 aliphatic rings. The van der Waals surface area contributed by atoms with Crippen molar-refractivity contribution in [3.63, 3.8) is 0 Å². The molecule has 0 bridgehead atoms. The van der Waals surface area contributed by atoms with Gasteiger partial charge in [-0.1, -0.05) is 0 Å². The Morgan fingerprint density at radius 3 is 2.67 bits per heavy atom. The molecule has 2 rings (SSSR count).